The molecule has 7 nitrogen and oxygen atoms in total. The molecule has 0 aliphatic heterocycles. The van der Waals surface area contributed by atoms with Crippen LogP contribution in [0.25, 0.3) is 4.13 Å². The molecule has 0 bridgehead atoms. The molecule has 0 aromatic heterocycles. The van der Waals surface area contributed by atoms with Crippen LogP contribution in [0, 0.1) is 0 Å². The zero-order valence-electron chi connectivity index (χ0n) is 6.71. The summed E-state index contributed by atoms with van der Waals surface area (Å²) in [7, 11) is -10.6. The van der Waals surface area contributed by atoms with Crippen molar-refractivity contribution in [2.75, 3.05) is 0 Å². The van der Waals surface area contributed by atoms with Crippen molar-refractivity contribution in [2.24, 2.45) is 0 Å². The Hall–Kier alpha value is 2.78. The maximum absolute atomic E-state index is 9.35. The van der Waals surface area contributed by atoms with Crippen molar-refractivity contribution in [1.29, 1.82) is 0 Å². The van der Waals surface area contributed by atoms with E-state index in [4.69, 9.17) is 0 Å². The molecule has 0 amide bonds. The first kappa shape index (κ1) is 24.2. The van der Waals surface area contributed by atoms with Crippen LogP contribution in [0.1, 0.15) is 0 Å². The number of nitrogens with zero attached hydrogens (tertiary/aromatic N) is 1. The molecule has 0 aromatic rings. The van der Waals surface area contributed by atoms with E-state index >= 15 is 0 Å². The molecular formula is NNa3O6S2. The van der Waals surface area contributed by atoms with Gasteiger partial charge in [-0.1, -0.05) is 0 Å². The van der Waals surface area contributed by atoms with Gasteiger partial charge >= 0.3 is 88.7 Å². The second kappa shape index (κ2) is 9.04. The molecular weight excluding hydrogens is 243 g/mol. The summed E-state index contributed by atoms with van der Waals surface area (Å²) in [5, 5.41) is 0. The topological polar surface area (TPSA) is 128 Å². The second-order valence-electron chi connectivity index (χ2n) is 0.930. The second-order valence-corrected chi connectivity index (χ2v) is 3.24. The fraction of sp³-hybridized carbons (Fsp3) is 0. The van der Waals surface area contributed by atoms with Gasteiger partial charge in [0.25, 0.3) is 0 Å². The number of rotatable bonds is 2. The molecule has 0 aromatic carbocycles. The van der Waals surface area contributed by atoms with Gasteiger partial charge in [0.05, 0.1) is 0 Å². The van der Waals surface area contributed by atoms with Crippen LogP contribution in [0.2, 0.25) is 0 Å². The van der Waals surface area contributed by atoms with Crippen LogP contribution in [0.5, 0.6) is 0 Å². The smallest absolute Gasteiger partial charge is 0.763 e. The van der Waals surface area contributed by atoms with E-state index in [9.17, 15) is 25.9 Å². The third kappa shape index (κ3) is 23.0. The molecule has 12 heavy (non-hydrogen) atoms. The summed E-state index contributed by atoms with van der Waals surface area (Å²) in [5.74, 6) is 0. The van der Waals surface area contributed by atoms with Gasteiger partial charge in [-0.2, -0.15) is 0 Å². The average Bonchev–Trinajstić information content (AvgIpc) is 1.14. The van der Waals surface area contributed by atoms with Crippen LogP contribution < -0.4 is 88.7 Å². The predicted molar refractivity (Wildman–Crippen MR) is 22.8 cm³/mol. The summed E-state index contributed by atoms with van der Waals surface area (Å²) in [5.41, 5.74) is 0. The molecule has 0 rings (SSSR count). The van der Waals surface area contributed by atoms with Crippen LogP contribution >= 0.6 is 0 Å². The molecule has 0 atom stereocenters. The van der Waals surface area contributed by atoms with Gasteiger partial charge in [0.2, 0.25) is 0 Å². The van der Waals surface area contributed by atoms with Crippen molar-refractivity contribution in [3.8, 4) is 0 Å². The fourth-order valence-electron chi connectivity index (χ4n) is 0.112. The van der Waals surface area contributed by atoms with Crippen LogP contribution in [0.15, 0.2) is 0 Å². The summed E-state index contributed by atoms with van der Waals surface area (Å²) in [6.45, 7) is 0. The van der Waals surface area contributed by atoms with Crippen molar-refractivity contribution in [2.45, 2.75) is 0 Å². The maximum Gasteiger partial charge on any atom is 1.00 e. The first-order chi connectivity index (χ1) is 3.71. The maximum atomic E-state index is 9.35. The van der Waals surface area contributed by atoms with Crippen molar-refractivity contribution >= 4 is 20.6 Å². The summed E-state index contributed by atoms with van der Waals surface area (Å²) < 4.78 is 57.4. The van der Waals surface area contributed by atoms with Crippen LogP contribution in [-0.4, -0.2) is 25.9 Å². The number of hydrogen-bond donors (Lipinski definition) is 0. The molecule has 0 unspecified atom stereocenters. The van der Waals surface area contributed by atoms with E-state index in [1.54, 1.807) is 0 Å². The summed E-state index contributed by atoms with van der Waals surface area (Å²) in [6, 6.07) is 0. The third-order valence-corrected chi connectivity index (χ3v) is 1.64. The molecule has 0 radical (unpaired) electrons. The third-order valence-electron chi connectivity index (χ3n) is 0.183. The van der Waals surface area contributed by atoms with E-state index in [0.717, 1.165) is 0 Å². The summed E-state index contributed by atoms with van der Waals surface area (Å²) >= 11 is 0. The van der Waals surface area contributed by atoms with Crippen LogP contribution in [-0.2, 0) is 20.6 Å². The zero-order chi connectivity index (χ0) is 7.71. The quantitative estimate of drug-likeness (QED) is 0.350. The van der Waals surface area contributed by atoms with Gasteiger partial charge in [-0.25, -0.2) is 0 Å². The zero-order valence-corrected chi connectivity index (χ0v) is 14.3. The van der Waals surface area contributed by atoms with Gasteiger partial charge in [-0.15, -0.1) is 0 Å². The van der Waals surface area contributed by atoms with Crippen molar-refractivity contribution in [3.63, 3.8) is 0 Å². The summed E-state index contributed by atoms with van der Waals surface area (Å²) in [4.78, 5) is 0. The van der Waals surface area contributed by atoms with Gasteiger partial charge in [-0.05, 0) is 0 Å². The molecule has 0 saturated heterocycles. The minimum atomic E-state index is -5.31. The Balaban J connectivity index is -0.000000107. The summed E-state index contributed by atoms with van der Waals surface area (Å²) in [6.07, 6.45) is 0. The van der Waals surface area contributed by atoms with Crippen LogP contribution in [0.3, 0.4) is 0 Å². The van der Waals surface area contributed by atoms with Crippen molar-refractivity contribution in [1.82, 2.24) is 0 Å². The van der Waals surface area contributed by atoms with Gasteiger partial charge in [0.15, 0.2) is 0 Å². The molecule has 0 aliphatic rings. The molecule has 12 heteroatoms. The van der Waals surface area contributed by atoms with Gasteiger partial charge in [-0.3, -0.25) is 16.8 Å². The first-order valence-corrected chi connectivity index (χ1v) is 4.10. The first-order valence-electron chi connectivity index (χ1n) is 1.37. The Morgan fingerprint density at radius 1 is 0.750 bits per heavy atom. The molecule has 0 N–H and O–H groups in total. The molecule has 56 valence electrons. The molecule has 0 fully saturated rings. The Bertz CT molecular complexity index is 246. The van der Waals surface area contributed by atoms with E-state index in [2.05, 4.69) is 0 Å². The van der Waals surface area contributed by atoms with E-state index in [1.807, 2.05) is 0 Å². The Morgan fingerprint density at radius 2 is 0.917 bits per heavy atom. The normalized spacial score (nSPS) is 10.2. The van der Waals surface area contributed by atoms with Crippen LogP contribution in [0.4, 0.5) is 0 Å². The minimum Gasteiger partial charge on any atom is -0.763 e. The van der Waals surface area contributed by atoms with E-state index in [1.165, 1.54) is 4.13 Å². The van der Waals surface area contributed by atoms with Crippen molar-refractivity contribution in [3.05, 3.63) is 4.13 Å². The van der Waals surface area contributed by atoms with E-state index in [0.29, 0.717) is 0 Å². The Kier molecular flexibility index (Phi) is 18.2. The predicted octanol–water partition coefficient (Wildman–Crippen LogP) is -10.7. The Morgan fingerprint density at radius 3 is 0.917 bits per heavy atom. The monoisotopic (exact) mass is 243 g/mol. The molecule has 0 heterocycles. The average molecular weight is 243 g/mol. The van der Waals surface area contributed by atoms with Gasteiger partial charge < -0.3 is 13.2 Å². The van der Waals surface area contributed by atoms with Gasteiger partial charge in [0.1, 0.15) is 0 Å². The van der Waals surface area contributed by atoms with Crippen molar-refractivity contribution < 1.29 is 115 Å². The molecule has 0 aliphatic carbocycles. The molecule has 0 spiro atoms. The fourth-order valence-corrected chi connectivity index (χ4v) is 1.01. The van der Waals surface area contributed by atoms with E-state index < -0.39 is 20.6 Å². The largest absolute Gasteiger partial charge is 1.00 e. The molecule has 0 saturated carbocycles. The Labute approximate surface area is 137 Å². The standard InChI is InChI=1S/H2NO6S2.3Na/c2-8(3,4)1-9(5,6)7;;;/h(H,2,3,4)(H,5,6,7);;;/q-1;3*+1/p-2. The SMILES string of the molecule is O=S(=O)([O-])[N-]S(=O)(=O)[O-].[Na+].[Na+].[Na+]. The van der Waals surface area contributed by atoms with Gasteiger partial charge in [0, 0.05) is 20.6 Å². The van der Waals surface area contributed by atoms with E-state index in [-0.39, 0.29) is 88.7 Å². The minimum absolute atomic E-state index is 0. The number of hydrogen-bond acceptors (Lipinski definition) is 6.